The molecule has 3 heterocycles. The van der Waals surface area contributed by atoms with Gasteiger partial charge in [0.1, 0.15) is 12.1 Å². The second-order valence-electron chi connectivity index (χ2n) is 6.85. The summed E-state index contributed by atoms with van der Waals surface area (Å²) in [5.41, 5.74) is 3.16. The lowest BCUT2D eigenvalue weighted by Gasteiger charge is -2.19. The van der Waals surface area contributed by atoms with Crippen molar-refractivity contribution in [3.63, 3.8) is 0 Å². The first kappa shape index (κ1) is 18.6. The average molecular weight is 398 g/mol. The Hall–Kier alpha value is -2.74. The summed E-state index contributed by atoms with van der Waals surface area (Å²) in [6.45, 7) is 4.80. The van der Waals surface area contributed by atoms with Crippen LogP contribution in [-0.2, 0) is 11.3 Å². The van der Waals surface area contributed by atoms with Crippen LogP contribution in [0.25, 0.3) is 0 Å². The van der Waals surface area contributed by atoms with Gasteiger partial charge in [0.25, 0.3) is 0 Å². The molecule has 0 unspecified atom stereocenters. The largest absolute Gasteiger partial charge is 0.467 e. The number of benzene rings is 1. The van der Waals surface area contributed by atoms with Crippen LogP contribution in [0.4, 0.5) is 11.4 Å². The van der Waals surface area contributed by atoms with Crippen molar-refractivity contribution < 1.29 is 9.21 Å². The molecule has 1 amide bonds. The quantitative estimate of drug-likeness (QED) is 0.615. The minimum Gasteiger partial charge on any atom is -0.467 e. The lowest BCUT2D eigenvalue weighted by Crippen LogP contribution is -2.18. The van der Waals surface area contributed by atoms with E-state index in [0.29, 0.717) is 11.7 Å². The Kier molecular flexibility index (Phi) is 5.66. The first-order valence-electron chi connectivity index (χ1n) is 9.37. The van der Waals surface area contributed by atoms with Gasteiger partial charge >= 0.3 is 0 Å². The Morgan fingerprint density at radius 3 is 2.89 bits per heavy atom. The Morgan fingerprint density at radius 1 is 1.29 bits per heavy atom. The number of hydrogen-bond acceptors (Lipinski definition) is 6. The molecular weight excluding hydrogens is 374 g/mol. The molecule has 0 spiro atoms. The van der Waals surface area contributed by atoms with Gasteiger partial charge in [-0.1, -0.05) is 11.8 Å². The van der Waals surface area contributed by atoms with Crippen molar-refractivity contribution in [3.8, 4) is 0 Å². The summed E-state index contributed by atoms with van der Waals surface area (Å²) >= 11 is 1.36. The Labute approximate surface area is 168 Å². The number of nitrogens with one attached hydrogen (secondary N) is 1. The Morgan fingerprint density at radius 2 is 2.14 bits per heavy atom. The fourth-order valence-electron chi connectivity index (χ4n) is 3.31. The van der Waals surface area contributed by atoms with Gasteiger partial charge in [-0.05, 0) is 55.7 Å². The standard InChI is InChI=1S/C20H23N5O2S/c1-15-11-16(24-8-2-3-9-24)6-7-18(15)22-19(26)13-28-20-23-21-14-25(20)12-17-5-4-10-27-17/h4-7,10-11,14H,2-3,8-9,12-13H2,1H3,(H,22,26). The van der Waals surface area contributed by atoms with Gasteiger partial charge in [-0.2, -0.15) is 0 Å². The van der Waals surface area contributed by atoms with Gasteiger partial charge in [-0.15, -0.1) is 10.2 Å². The smallest absolute Gasteiger partial charge is 0.234 e. The van der Waals surface area contributed by atoms with Gasteiger partial charge in [0.15, 0.2) is 5.16 Å². The van der Waals surface area contributed by atoms with E-state index >= 15 is 0 Å². The summed E-state index contributed by atoms with van der Waals surface area (Å²) in [6.07, 6.45) is 5.78. The van der Waals surface area contributed by atoms with Gasteiger partial charge in [-0.3, -0.25) is 4.79 Å². The predicted octanol–water partition coefficient (Wildman–Crippen LogP) is 3.56. The molecule has 1 aromatic carbocycles. The van der Waals surface area contributed by atoms with Crippen LogP contribution in [0.1, 0.15) is 24.2 Å². The van der Waals surface area contributed by atoms with E-state index in [4.69, 9.17) is 4.42 Å². The summed E-state index contributed by atoms with van der Waals surface area (Å²) in [5, 5.41) is 11.7. The lowest BCUT2D eigenvalue weighted by molar-refractivity contribution is -0.113. The molecule has 0 bridgehead atoms. The zero-order chi connectivity index (χ0) is 19.3. The Balaban J connectivity index is 1.33. The lowest BCUT2D eigenvalue weighted by atomic mass is 10.1. The number of furan rings is 1. The summed E-state index contributed by atoms with van der Waals surface area (Å²) in [5.74, 6) is 1.03. The van der Waals surface area contributed by atoms with Crippen molar-refractivity contribution in [1.29, 1.82) is 0 Å². The van der Waals surface area contributed by atoms with E-state index in [1.807, 2.05) is 29.7 Å². The van der Waals surface area contributed by atoms with Crippen molar-refractivity contribution in [2.45, 2.75) is 31.5 Å². The molecule has 0 saturated carbocycles. The van der Waals surface area contributed by atoms with Crippen molar-refractivity contribution in [3.05, 3.63) is 54.2 Å². The molecule has 28 heavy (non-hydrogen) atoms. The minimum atomic E-state index is -0.0606. The molecular formula is C20H23N5O2S. The molecule has 0 aliphatic carbocycles. The molecule has 1 saturated heterocycles. The van der Waals surface area contributed by atoms with Crippen LogP contribution in [0.2, 0.25) is 0 Å². The second-order valence-corrected chi connectivity index (χ2v) is 7.79. The van der Waals surface area contributed by atoms with Gasteiger partial charge in [0.2, 0.25) is 5.91 Å². The minimum absolute atomic E-state index is 0.0606. The van der Waals surface area contributed by atoms with E-state index in [1.54, 1.807) is 12.6 Å². The van der Waals surface area contributed by atoms with E-state index in [0.717, 1.165) is 30.1 Å². The molecule has 2 aromatic heterocycles. The maximum atomic E-state index is 12.4. The van der Waals surface area contributed by atoms with Crippen molar-refractivity contribution in [2.75, 3.05) is 29.1 Å². The molecule has 8 heteroatoms. The van der Waals surface area contributed by atoms with Gasteiger partial charge in [-0.25, -0.2) is 0 Å². The van der Waals surface area contributed by atoms with Crippen LogP contribution in [0.5, 0.6) is 0 Å². The Bertz CT molecular complexity index is 932. The fourth-order valence-corrected chi connectivity index (χ4v) is 4.03. The highest BCUT2D eigenvalue weighted by Crippen LogP contribution is 2.26. The van der Waals surface area contributed by atoms with Crippen LogP contribution in [-0.4, -0.2) is 39.5 Å². The molecule has 0 atom stereocenters. The molecule has 3 aromatic rings. The number of aryl methyl sites for hydroxylation is 1. The number of thioether (sulfide) groups is 1. The third kappa shape index (κ3) is 4.39. The summed E-state index contributed by atoms with van der Waals surface area (Å²) < 4.78 is 7.23. The summed E-state index contributed by atoms with van der Waals surface area (Å²) in [6, 6.07) is 9.97. The molecule has 1 fully saturated rings. The first-order chi connectivity index (χ1) is 13.7. The van der Waals surface area contributed by atoms with Gasteiger partial charge < -0.3 is 19.2 Å². The molecule has 1 aliphatic rings. The van der Waals surface area contributed by atoms with Crippen LogP contribution in [0.3, 0.4) is 0 Å². The first-order valence-corrected chi connectivity index (χ1v) is 10.4. The van der Waals surface area contributed by atoms with Crippen LogP contribution >= 0.6 is 11.8 Å². The highest BCUT2D eigenvalue weighted by atomic mass is 32.2. The maximum Gasteiger partial charge on any atom is 0.234 e. The molecule has 0 radical (unpaired) electrons. The molecule has 146 valence electrons. The van der Waals surface area contributed by atoms with E-state index < -0.39 is 0 Å². The monoisotopic (exact) mass is 397 g/mol. The van der Waals surface area contributed by atoms with E-state index in [-0.39, 0.29) is 11.7 Å². The molecule has 1 aliphatic heterocycles. The SMILES string of the molecule is Cc1cc(N2CCCC2)ccc1NC(=O)CSc1nncn1Cc1ccco1. The zero-order valence-electron chi connectivity index (χ0n) is 15.8. The van der Waals surface area contributed by atoms with E-state index in [9.17, 15) is 4.79 Å². The number of carbonyl (C=O) groups excluding carboxylic acids is 1. The van der Waals surface area contributed by atoms with Crippen molar-refractivity contribution >= 4 is 29.0 Å². The topological polar surface area (TPSA) is 76.2 Å². The average Bonchev–Trinajstić information content (AvgIpc) is 3.45. The normalized spacial score (nSPS) is 13.8. The highest BCUT2D eigenvalue weighted by Gasteiger charge is 2.14. The number of nitrogens with zero attached hydrogens (tertiary/aromatic N) is 4. The van der Waals surface area contributed by atoms with Crippen molar-refractivity contribution in [1.82, 2.24) is 14.8 Å². The molecule has 7 nitrogen and oxygen atoms in total. The second kappa shape index (κ2) is 8.52. The third-order valence-electron chi connectivity index (χ3n) is 4.77. The van der Waals surface area contributed by atoms with Crippen LogP contribution in [0.15, 0.2) is 52.5 Å². The van der Waals surface area contributed by atoms with Crippen LogP contribution in [0, 0.1) is 6.92 Å². The predicted molar refractivity (Wildman–Crippen MR) is 110 cm³/mol. The highest BCUT2D eigenvalue weighted by molar-refractivity contribution is 7.99. The number of aromatic nitrogens is 3. The zero-order valence-corrected chi connectivity index (χ0v) is 16.6. The molecule has 4 rings (SSSR count). The van der Waals surface area contributed by atoms with Crippen molar-refractivity contribution in [2.24, 2.45) is 0 Å². The number of hydrogen-bond donors (Lipinski definition) is 1. The van der Waals surface area contributed by atoms with Gasteiger partial charge in [0.05, 0.1) is 18.6 Å². The summed E-state index contributed by atoms with van der Waals surface area (Å²) in [7, 11) is 0. The van der Waals surface area contributed by atoms with Gasteiger partial charge in [0, 0.05) is 24.5 Å². The van der Waals surface area contributed by atoms with E-state index in [2.05, 4.69) is 32.5 Å². The summed E-state index contributed by atoms with van der Waals surface area (Å²) in [4.78, 5) is 14.8. The maximum absolute atomic E-state index is 12.4. The number of anilines is 2. The van der Waals surface area contributed by atoms with Crippen LogP contribution < -0.4 is 10.2 Å². The number of amides is 1. The number of rotatable bonds is 7. The molecule has 1 N–H and O–H groups in total. The van der Waals surface area contributed by atoms with E-state index in [1.165, 1.54) is 30.3 Å². The fraction of sp³-hybridized carbons (Fsp3) is 0.350. The third-order valence-corrected chi connectivity index (χ3v) is 5.75. The number of carbonyl (C=O) groups is 1.